The molecule has 0 bridgehead atoms. The van der Waals surface area contributed by atoms with E-state index in [1.807, 2.05) is 5.43 Å². The van der Waals surface area contributed by atoms with Crippen molar-refractivity contribution in [1.29, 1.82) is 0 Å². The van der Waals surface area contributed by atoms with Gasteiger partial charge in [-0.1, -0.05) is 0 Å². The molecule has 6 heteroatoms. The molecule has 0 radical (unpaired) electrons. The minimum atomic E-state index is -0.928. The van der Waals surface area contributed by atoms with Crippen molar-refractivity contribution in [2.24, 2.45) is 5.84 Å². The summed E-state index contributed by atoms with van der Waals surface area (Å²) in [5.74, 6) is 2.71. The second-order valence-corrected chi connectivity index (χ2v) is 3.48. The molecule has 0 aliphatic rings. The Hall–Kier alpha value is -1.14. The first-order valence-electron chi connectivity index (χ1n) is 3.71. The molecule has 1 rings (SSSR count). The van der Waals surface area contributed by atoms with Gasteiger partial charge in [0.2, 0.25) is 5.91 Å². The van der Waals surface area contributed by atoms with Gasteiger partial charge in [0.15, 0.2) is 11.6 Å². The molecule has 14 heavy (non-hydrogen) atoms. The van der Waals surface area contributed by atoms with Crippen LogP contribution in [0.2, 0.25) is 0 Å². The highest BCUT2D eigenvalue weighted by atomic mass is 32.2. The third-order valence-corrected chi connectivity index (χ3v) is 2.42. The summed E-state index contributed by atoms with van der Waals surface area (Å²) in [6, 6.07) is 3.44. The van der Waals surface area contributed by atoms with Crippen LogP contribution in [0, 0.1) is 11.6 Å². The Balaban J connectivity index is 2.60. The molecule has 0 saturated carbocycles. The van der Waals surface area contributed by atoms with Gasteiger partial charge in [0.1, 0.15) is 0 Å². The lowest BCUT2D eigenvalue weighted by atomic mass is 10.3. The number of nitrogens with two attached hydrogens (primary N) is 1. The largest absolute Gasteiger partial charge is 0.294 e. The smallest absolute Gasteiger partial charge is 0.244 e. The molecule has 1 aromatic rings. The van der Waals surface area contributed by atoms with Crippen molar-refractivity contribution in [3.8, 4) is 0 Å². The van der Waals surface area contributed by atoms with Gasteiger partial charge in [-0.05, 0) is 18.2 Å². The number of thioether (sulfide) groups is 1. The minimum absolute atomic E-state index is 0.0710. The molecule has 3 N–H and O–H groups in total. The summed E-state index contributed by atoms with van der Waals surface area (Å²) >= 11 is 1.08. The standard InChI is InChI=1S/C8H8F2N2OS/c9-6-2-1-5(3-7(6)10)14-4-8(13)12-11/h1-3H,4,11H2,(H,12,13). The average Bonchev–Trinajstić information content (AvgIpc) is 2.19. The number of hydrogen-bond acceptors (Lipinski definition) is 3. The van der Waals surface area contributed by atoms with E-state index in [9.17, 15) is 13.6 Å². The van der Waals surface area contributed by atoms with Crippen molar-refractivity contribution >= 4 is 17.7 Å². The van der Waals surface area contributed by atoms with Crippen LogP contribution in [0.3, 0.4) is 0 Å². The van der Waals surface area contributed by atoms with Crippen molar-refractivity contribution in [3.05, 3.63) is 29.8 Å². The molecule has 0 fully saturated rings. The fourth-order valence-corrected chi connectivity index (χ4v) is 1.49. The monoisotopic (exact) mass is 218 g/mol. The zero-order valence-corrected chi connectivity index (χ0v) is 7.91. The number of halogens is 2. The summed E-state index contributed by atoms with van der Waals surface area (Å²) in [5, 5.41) is 0. The van der Waals surface area contributed by atoms with Crippen LogP contribution in [-0.2, 0) is 4.79 Å². The molecular formula is C8H8F2N2OS. The maximum absolute atomic E-state index is 12.7. The van der Waals surface area contributed by atoms with Crippen molar-refractivity contribution in [2.45, 2.75) is 4.90 Å². The topological polar surface area (TPSA) is 55.1 Å². The summed E-state index contributed by atoms with van der Waals surface area (Å²) in [6.45, 7) is 0. The van der Waals surface area contributed by atoms with Gasteiger partial charge in [0.05, 0.1) is 5.75 Å². The van der Waals surface area contributed by atoms with E-state index in [0.29, 0.717) is 4.90 Å². The van der Waals surface area contributed by atoms with E-state index in [1.165, 1.54) is 6.07 Å². The number of rotatable bonds is 3. The van der Waals surface area contributed by atoms with Crippen molar-refractivity contribution in [3.63, 3.8) is 0 Å². The molecule has 1 aromatic carbocycles. The zero-order valence-electron chi connectivity index (χ0n) is 7.09. The van der Waals surface area contributed by atoms with Gasteiger partial charge in [0, 0.05) is 4.90 Å². The van der Waals surface area contributed by atoms with Gasteiger partial charge in [0.25, 0.3) is 0 Å². The van der Waals surface area contributed by atoms with E-state index in [-0.39, 0.29) is 11.7 Å². The number of amides is 1. The van der Waals surface area contributed by atoms with Crippen LogP contribution in [0.4, 0.5) is 8.78 Å². The SMILES string of the molecule is NNC(=O)CSc1ccc(F)c(F)c1. The van der Waals surface area contributed by atoms with Gasteiger partial charge >= 0.3 is 0 Å². The highest BCUT2D eigenvalue weighted by molar-refractivity contribution is 8.00. The Morgan fingerprint density at radius 3 is 2.71 bits per heavy atom. The summed E-state index contributed by atoms with van der Waals surface area (Å²) in [6.07, 6.45) is 0. The molecule has 0 unspecified atom stereocenters. The second-order valence-electron chi connectivity index (χ2n) is 2.43. The molecule has 0 atom stereocenters. The third kappa shape index (κ3) is 2.97. The van der Waals surface area contributed by atoms with E-state index >= 15 is 0 Å². The summed E-state index contributed by atoms with van der Waals surface area (Å²) in [7, 11) is 0. The number of carbonyl (C=O) groups excluding carboxylic acids is 1. The van der Waals surface area contributed by atoms with Crippen molar-refractivity contribution in [2.75, 3.05) is 5.75 Å². The lowest BCUT2D eigenvalue weighted by Gasteiger charge is -2.00. The summed E-state index contributed by atoms with van der Waals surface area (Å²) < 4.78 is 25.2. The molecular weight excluding hydrogens is 210 g/mol. The predicted octanol–water partition coefficient (Wildman–Crippen LogP) is 1.05. The molecule has 0 aliphatic carbocycles. The van der Waals surface area contributed by atoms with E-state index in [4.69, 9.17) is 5.84 Å². The Morgan fingerprint density at radius 1 is 1.43 bits per heavy atom. The Morgan fingerprint density at radius 2 is 2.14 bits per heavy atom. The maximum Gasteiger partial charge on any atom is 0.244 e. The number of nitrogens with one attached hydrogen (secondary N) is 1. The molecule has 0 heterocycles. The van der Waals surface area contributed by atoms with E-state index in [0.717, 1.165) is 23.9 Å². The first-order chi connectivity index (χ1) is 6.63. The molecule has 0 aliphatic heterocycles. The van der Waals surface area contributed by atoms with E-state index < -0.39 is 11.6 Å². The van der Waals surface area contributed by atoms with Crippen LogP contribution in [0.25, 0.3) is 0 Å². The number of hydrogen-bond donors (Lipinski definition) is 2. The Kier molecular flexibility index (Phi) is 3.84. The molecule has 0 saturated heterocycles. The van der Waals surface area contributed by atoms with Gasteiger partial charge in [-0.2, -0.15) is 0 Å². The van der Waals surface area contributed by atoms with Gasteiger partial charge in [-0.25, -0.2) is 14.6 Å². The highest BCUT2D eigenvalue weighted by Crippen LogP contribution is 2.19. The molecule has 0 aromatic heterocycles. The van der Waals surface area contributed by atoms with Crippen molar-refractivity contribution < 1.29 is 13.6 Å². The van der Waals surface area contributed by atoms with Gasteiger partial charge in [-0.15, -0.1) is 11.8 Å². The molecule has 0 spiro atoms. The zero-order chi connectivity index (χ0) is 10.6. The lowest BCUT2D eigenvalue weighted by molar-refractivity contribution is -0.118. The third-order valence-electron chi connectivity index (χ3n) is 1.42. The fourth-order valence-electron chi connectivity index (χ4n) is 0.757. The van der Waals surface area contributed by atoms with Crippen LogP contribution in [-0.4, -0.2) is 11.7 Å². The van der Waals surface area contributed by atoms with Crippen LogP contribution < -0.4 is 11.3 Å². The molecule has 1 amide bonds. The summed E-state index contributed by atoms with van der Waals surface area (Å²) in [5.41, 5.74) is 1.93. The van der Waals surface area contributed by atoms with Gasteiger partial charge in [-0.3, -0.25) is 10.2 Å². The van der Waals surface area contributed by atoms with Crippen LogP contribution >= 0.6 is 11.8 Å². The minimum Gasteiger partial charge on any atom is -0.294 e. The molecule has 76 valence electrons. The maximum atomic E-state index is 12.7. The Labute approximate surface area is 83.6 Å². The average molecular weight is 218 g/mol. The fraction of sp³-hybridized carbons (Fsp3) is 0.125. The van der Waals surface area contributed by atoms with E-state index in [1.54, 1.807) is 0 Å². The highest BCUT2D eigenvalue weighted by Gasteiger charge is 2.04. The van der Waals surface area contributed by atoms with Crippen molar-refractivity contribution in [1.82, 2.24) is 5.43 Å². The quantitative estimate of drug-likeness (QED) is 0.345. The second kappa shape index (κ2) is 4.92. The summed E-state index contributed by atoms with van der Waals surface area (Å²) in [4.78, 5) is 11.2. The first-order valence-corrected chi connectivity index (χ1v) is 4.69. The number of benzene rings is 1. The number of carbonyl (C=O) groups is 1. The number of hydrazine groups is 1. The van der Waals surface area contributed by atoms with Gasteiger partial charge < -0.3 is 0 Å². The Bertz CT molecular complexity index is 346. The lowest BCUT2D eigenvalue weighted by Crippen LogP contribution is -2.31. The molecule has 3 nitrogen and oxygen atoms in total. The predicted molar refractivity (Wildman–Crippen MR) is 49.4 cm³/mol. The van der Waals surface area contributed by atoms with Crippen LogP contribution in [0.15, 0.2) is 23.1 Å². The first kappa shape index (κ1) is 10.9. The van der Waals surface area contributed by atoms with Crippen LogP contribution in [0.1, 0.15) is 0 Å². The normalized spacial score (nSPS) is 9.93. The van der Waals surface area contributed by atoms with E-state index in [2.05, 4.69) is 0 Å². The van der Waals surface area contributed by atoms with Crippen LogP contribution in [0.5, 0.6) is 0 Å².